The monoisotopic (exact) mass is 254 g/mol. The highest BCUT2D eigenvalue weighted by Crippen LogP contribution is 2.53. The Hall–Kier alpha value is -1.28. The van der Waals surface area contributed by atoms with Crippen LogP contribution in [0.5, 0.6) is 0 Å². The van der Waals surface area contributed by atoms with Crippen molar-refractivity contribution in [3.05, 3.63) is 36.0 Å². The Kier molecular flexibility index (Phi) is 2.49. The standard InChI is InChI=1S/C17H22N2/c1-17-11-14(17)5-4-9-19(17)10-8-13-12-18-16-7-3-2-6-15(13)16/h2-3,6-7,12,14,18H,4-5,8-11H2,1H3. The molecule has 4 rings (SSSR count). The second-order valence-corrected chi connectivity index (χ2v) is 6.50. The molecular formula is C17H22N2. The van der Waals surface area contributed by atoms with Crippen molar-refractivity contribution in [1.82, 2.24) is 9.88 Å². The summed E-state index contributed by atoms with van der Waals surface area (Å²) in [5.41, 5.74) is 3.29. The number of benzene rings is 1. The molecule has 1 aromatic heterocycles. The molecule has 2 aliphatic rings. The summed E-state index contributed by atoms with van der Waals surface area (Å²) in [6, 6.07) is 8.64. The van der Waals surface area contributed by atoms with Crippen LogP contribution in [-0.4, -0.2) is 28.5 Å². The van der Waals surface area contributed by atoms with E-state index in [-0.39, 0.29) is 0 Å². The molecular weight excluding hydrogens is 232 g/mol. The molecule has 0 amide bonds. The van der Waals surface area contributed by atoms with Crippen molar-refractivity contribution in [1.29, 1.82) is 0 Å². The molecule has 2 fully saturated rings. The van der Waals surface area contributed by atoms with Gasteiger partial charge in [0, 0.05) is 29.2 Å². The fourth-order valence-electron chi connectivity index (χ4n) is 3.99. The van der Waals surface area contributed by atoms with E-state index in [4.69, 9.17) is 0 Å². The maximum absolute atomic E-state index is 3.39. The number of hydrogen-bond donors (Lipinski definition) is 1. The summed E-state index contributed by atoms with van der Waals surface area (Å²) in [4.78, 5) is 6.13. The van der Waals surface area contributed by atoms with E-state index >= 15 is 0 Å². The van der Waals surface area contributed by atoms with Crippen LogP contribution in [-0.2, 0) is 6.42 Å². The van der Waals surface area contributed by atoms with Crippen molar-refractivity contribution in [3.63, 3.8) is 0 Å². The van der Waals surface area contributed by atoms with Gasteiger partial charge >= 0.3 is 0 Å². The largest absolute Gasteiger partial charge is 0.361 e. The van der Waals surface area contributed by atoms with Gasteiger partial charge in [0.1, 0.15) is 0 Å². The SMILES string of the molecule is CC12CC1CCCN2CCc1c[nH]c2ccccc12. The van der Waals surface area contributed by atoms with Crippen LogP contribution < -0.4 is 0 Å². The number of nitrogens with one attached hydrogen (secondary N) is 1. The minimum Gasteiger partial charge on any atom is -0.361 e. The summed E-state index contributed by atoms with van der Waals surface area (Å²) in [6.45, 7) is 4.98. The summed E-state index contributed by atoms with van der Waals surface area (Å²) in [5, 5.41) is 1.40. The molecule has 0 spiro atoms. The van der Waals surface area contributed by atoms with Crippen molar-refractivity contribution in [3.8, 4) is 0 Å². The van der Waals surface area contributed by atoms with E-state index in [0.29, 0.717) is 5.54 Å². The van der Waals surface area contributed by atoms with Crippen LogP contribution in [0.3, 0.4) is 0 Å². The number of nitrogens with zero attached hydrogens (tertiary/aromatic N) is 1. The molecule has 1 aliphatic carbocycles. The van der Waals surface area contributed by atoms with Gasteiger partial charge in [-0.25, -0.2) is 0 Å². The van der Waals surface area contributed by atoms with E-state index in [1.54, 1.807) is 0 Å². The third-order valence-corrected chi connectivity index (χ3v) is 5.41. The predicted molar refractivity (Wildman–Crippen MR) is 79.3 cm³/mol. The summed E-state index contributed by atoms with van der Waals surface area (Å²) in [5.74, 6) is 0.990. The van der Waals surface area contributed by atoms with E-state index in [0.717, 1.165) is 5.92 Å². The third-order valence-electron chi connectivity index (χ3n) is 5.41. The van der Waals surface area contributed by atoms with Gasteiger partial charge in [-0.3, -0.25) is 4.90 Å². The summed E-state index contributed by atoms with van der Waals surface area (Å²) in [7, 11) is 0. The molecule has 1 N–H and O–H groups in total. The molecule has 2 heterocycles. The quantitative estimate of drug-likeness (QED) is 0.887. The Morgan fingerprint density at radius 3 is 3.21 bits per heavy atom. The Balaban J connectivity index is 1.50. The number of rotatable bonds is 3. The average molecular weight is 254 g/mol. The Labute approximate surface area is 114 Å². The van der Waals surface area contributed by atoms with Crippen LogP contribution >= 0.6 is 0 Å². The number of para-hydroxylation sites is 1. The maximum atomic E-state index is 3.39. The van der Waals surface area contributed by atoms with E-state index in [2.05, 4.69) is 47.3 Å². The van der Waals surface area contributed by atoms with Crippen molar-refractivity contribution < 1.29 is 0 Å². The van der Waals surface area contributed by atoms with Gasteiger partial charge in [-0.15, -0.1) is 0 Å². The summed E-state index contributed by atoms with van der Waals surface area (Å²) in [6.07, 6.45) is 7.66. The van der Waals surface area contributed by atoms with Gasteiger partial charge in [0.05, 0.1) is 0 Å². The number of aromatic amines is 1. The normalized spacial score (nSPS) is 30.5. The van der Waals surface area contributed by atoms with Gasteiger partial charge < -0.3 is 4.98 Å². The molecule has 2 atom stereocenters. The zero-order chi connectivity index (χ0) is 12.9. The smallest absolute Gasteiger partial charge is 0.0456 e. The highest BCUT2D eigenvalue weighted by molar-refractivity contribution is 5.83. The lowest BCUT2D eigenvalue weighted by Crippen LogP contribution is -2.41. The molecule has 2 aromatic rings. The van der Waals surface area contributed by atoms with Crippen molar-refractivity contribution >= 4 is 10.9 Å². The number of hydrogen-bond acceptors (Lipinski definition) is 1. The first-order valence-corrected chi connectivity index (χ1v) is 7.57. The molecule has 1 saturated heterocycles. The van der Waals surface area contributed by atoms with Crippen molar-refractivity contribution in [2.45, 2.75) is 38.1 Å². The lowest BCUT2D eigenvalue weighted by Gasteiger charge is -2.33. The molecule has 1 aromatic carbocycles. The van der Waals surface area contributed by atoms with Gasteiger partial charge in [-0.05, 0) is 56.7 Å². The van der Waals surface area contributed by atoms with Gasteiger partial charge in [0.15, 0.2) is 0 Å². The zero-order valence-corrected chi connectivity index (χ0v) is 11.7. The van der Waals surface area contributed by atoms with Gasteiger partial charge in [-0.1, -0.05) is 18.2 Å². The molecule has 0 radical (unpaired) electrons. The van der Waals surface area contributed by atoms with E-state index in [1.807, 2.05) is 0 Å². The molecule has 100 valence electrons. The van der Waals surface area contributed by atoms with Crippen LogP contribution in [0.15, 0.2) is 30.5 Å². The Morgan fingerprint density at radius 1 is 1.37 bits per heavy atom. The van der Waals surface area contributed by atoms with E-state index in [9.17, 15) is 0 Å². The fourth-order valence-corrected chi connectivity index (χ4v) is 3.99. The molecule has 1 saturated carbocycles. The first-order chi connectivity index (χ1) is 9.27. The number of piperidine rings is 1. The van der Waals surface area contributed by atoms with E-state index < -0.39 is 0 Å². The molecule has 19 heavy (non-hydrogen) atoms. The zero-order valence-electron chi connectivity index (χ0n) is 11.7. The molecule has 2 unspecified atom stereocenters. The first kappa shape index (κ1) is 11.5. The lowest BCUT2D eigenvalue weighted by atomic mass is 10.0. The Bertz CT molecular complexity index is 600. The average Bonchev–Trinajstić information content (AvgIpc) is 2.95. The molecule has 2 heteroatoms. The highest BCUT2D eigenvalue weighted by Gasteiger charge is 2.55. The van der Waals surface area contributed by atoms with Crippen LogP contribution in [0.25, 0.3) is 10.9 Å². The van der Waals surface area contributed by atoms with Crippen LogP contribution in [0.4, 0.5) is 0 Å². The summed E-state index contributed by atoms with van der Waals surface area (Å²) >= 11 is 0. The second kappa shape index (κ2) is 4.11. The molecule has 0 bridgehead atoms. The number of fused-ring (bicyclic) bond motifs is 2. The van der Waals surface area contributed by atoms with Gasteiger partial charge in [-0.2, -0.15) is 0 Å². The maximum Gasteiger partial charge on any atom is 0.0456 e. The number of aromatic nitrogens is 1. The lowest BCUT2D eigenvalue weighted by molar-refractivity contribution is 0.146. The highest BCUT2D eigenvalue weighted by atomic mass is 15.2. The third kappa shape index (κ3) is 1.81. The van der Waals surface area contributed by atoms with E-state index in [1.165, 1.54) is 55.2 Å². The fraction of sp³-hybridized carbons (Fsp3) is 0.529. The van der Waals surface area contributed by atoms with Crippen LogP contribution in [0.1, 0.15) is 31.7 Å². The topological polar surface area (TPSA) is 19.0 Å². The number of likely N-dealkylation sites (tertiary alicyclic amines) is 1. The van der Waals surface area contributed by atoms with Gasteiger partial charge in [0.25, 0.3) is 0 Å². The molecule has 1 aliphatic heterocycles. The number of H-pyrrole nitrogens is 1. The van der Waals surface area contributed by atoms with Crippen molar-refractivity contribution in [2.75, 3.05) is 13.1 Å². The second-order valence-electron chi connectivity index (χ2n) is 6.50. The van der Waals surface area contributed by atoms with Gasteiger partial charge in [0.2, 0.25) is 0 Å². The minimum atomic E-state index is 0.546. The van der Waals surface area contributed by atoms with Crippen LogP contribution in [0.2, 0.25) is 0 Å². The molecule has 2 nitrogen and oxygen atoms in total. The predicted octanol–water partition coefficient (Wildman–Crippen LogP) is 3.58. The summed E-state index contributed by atoms with van der Waals surface area (Å²) < 4.78 is 0. The van der Waals surface area contributed by atoms with Crippen LogP contribution in [0, 0.1) is 5.92 Å². The first-order valence-electron chi connectivity index (χ1n) is 7.57. The Morgan fingerprint density at radius 2 is 2.26 bits per heavy atom. The van der Waals surface area contributed by atoms with Crippen molar-refractivity contribution in [2.24, 2.45) is 5.92 Å². The minimum absolute atomic E-state index is 0.546.